The van der Waals surface area contributed by atoms with Crippen LogP contribution in [0.3, 0.4) is 0 Å². The van der Waals surface area contributed by atoms with E-state index in [1.807, 2.05) is 35.8 Å². The summed E-state index contributed by atoms with van der Waals surface area (Å²) in [5, 5.41) is 12.2. The van der Waals surface area contributed by atoms with Crippen LogP contribution in [-0.2, 0) is 11.3 Å². The van der Waals surface area contributed by atoms with Gasteiger partial charge in [0.25, 0.3) is 0 Å². The number of rotatable bonds is 9. The highest BCUT2D eigenvalue weighted by atomic mass is 32.2. The van der Waals surface area contributed by atoms with E-state index in [0.717, 1.165) is 17.0 Å². The molecule has 0 spiro atoms. The molecule has 3 aromatic rings. The average molecular weight is 425 g/mol. The standard InChI is InChI=1S/C22H24N4O3S/c1-5-12-26-21(17-9-7-6-8-15(17)2)24-25-22(26)30-14-20(27)23-18-11-10-16(28-3)13-19(18)29-4/h5-11,13H,1,12,14H2,2-4H3,(H,23,27). The molecular formula is C22H24N4O3S. The van der Waals surface area contributed by atoms with Crippen LogP contribution >= 0.6 is 11.8 Å². The Morgan fingerprint density at radius 1 is 1.20 bits per heavy atom. The van der Waals surface area contributed by atoms with Crippen LogP contribution in [0.1, 0.15) is 5.56 Å². The molecule has 1 amide bonds. The molecule has 30 heavy (non-hydrogen) atoms. The molecule has 1 heterocycles. The zero-order valence-electron chi connectivity index (χ0n) is 17.2. The molecule has 0 bridgehead atoms. The van der Waals surface area contributed by atoms with Crippen LogP contribution < -0.4 is 14.8 Å². The quantitative estimate of drug-likeness (QED) is 0.410. The molecule has 3 rings (SSSR count). The third kappa shape index (κ3) is 4.83. The Balaban J connectivity index is 1.74. The first-order chi connectivity index (χ1) is 14.6. The molecule has 156 valence electrons. The van der Waals surface area contributed by atoms with Crippen LogP contribution in [0, 0.1) is 6.92 Å². The van der Waals surface area contributed by atoms with E-state index in [-0.39, 0.29) is 11.7 Å². The van der Waals surface area contributed by atoms with Gasteiger partial charge in [0.2, 0.25) is 5.91 Å². The first-order valence-electron chi connectivity index (χ1n) is 9.32. The van der Waals surface area contributed by atoms with Crippen LogP contribution in [0.4, 0.5) is 5.69 Å². The number of allylic oxidation sites excluding steroid dienone is 1. The number of benzene rings is 2. The number of anilines is 1. The molecule has 0 unspecified atom stereocenters. The normalized spacial score (nSPS) is 10.5. The summed E-state index contributed by atoms with van der Waals surface area (Å²) in [6.07, 6.45) is 1.79. The van der Waals surface area contributed by atoms with Crippen molar-refractivity contribution in [2.45, 2.75) is 18.6 Å². The number of carbonyl (C=O) groups excluding carboxylic acids is 1. The molecule has 2 aromatic carbocycles. The summed E-state index contributed by atoms with van der Waals surface area (Å²) in [6, 6.07) is 13.2. The van der Waals surface area contributed by atoms with Gasteiger partial charge >= 0.3 is 0 Å². The van der Waals surface area contributed by atoms with Crippen LogP contribution in [0.25, 0.3) is 11.4 Å². The fraction of sp³-hybridized carbons (Fsp3) is 0.227. The molecule has 0 saturated carbocycles. The third-order valence-corrected chi connectivity index (χ3v) is 5.40. The van der Waals surface area contributed by atoms with Crippen molar-refractivity contribution < 1.29 is 14.3 Å². The van der Waals surface area contributed by atoms with E-state index < -0.39 is 0 Å². The van der Waals surface area contributed by atoms with Crippen LogP contribution in [-0.4, -0.2) is 40.6 Å². The van der Waals surface area contributed by atoms with E-state index >= 15 is 0 Å². The van der Waals surface area contributed by atoms with Crippen LogP contribution in [0.2, 0.25) is 0 Å². The van der Waals surface area contributed by atoms with E-state index in [1.54, 1.807) is 38.5 Å². The number of hydrogen-bond acceptors (Lipinski definition) is 6. The van der Waals surface area contributed by atoms with Crippen LogP contribution in [0.5, 0.6) is 11.5 Å². The van der Waals surface area contributed by atoms with Crippen molar-refractivity contribution in [2.75, 3.05) is 25.3 Å². The van der Waals surface area contributed by atoms with Gasteiger partial charge in [-0.05, 0) is 24.6 Å². The average Bonchev–Trinajstić information content (AvgIpc) is 3.15. The summed E-state index contributed by atoms with van der Waals surface area (Å²) >= 11 is 1.32. The van der Waals surface area contributed by atoms with Gasteiger partial charge in [0, 0.05) is 18.2 Å². The Labute approximate surface area is 180 Å². The van der Waals surface area contributed by atoms with Gasteiger partial charge in [0.05, 0.1) is 25.7 Å². The second-order valence-corrected chi connectivity index (χ2v) is 7.37. The molecule has 7 nitrogen and oxygen atoms in total. The molecule has 1 aromatic heterocycles. The van der Waals surface area contributed by atoms with Gasteiger partial charge in [0.1, 0.15) is 11.5 Å². The molecule has 0 radical (unpaired) electrons. The minimum Gasteiger partial charge on any atom is -0.497 e. The van der Waals surface area contributed by atoms with Gasteiger partial charge in [-0.3, -0.25) is 9.36 Å². The zero-order valence-corrected chi connectivity index (χ0v) is 18.0. The lowest BCUT2D eigenvalue weighted by Gasteiger charge is -2.12. The Bertz CT molecular complexity index is 1050. The lowest BCUT2D eigenvalue weighted by Crippen LogP contribution is -2.15. The predicted molar refractivity (Wildman–Crippen MR) is 119 cm³/mol. The second kappa shape index (κ2) is 9.98. The van der Waals surface area contributed by atoms with Crippen molar-refractivity contribution in [2.24, 2.45) is 0 Å². The number of methoxy groups -OCH3 is 2. The maximum Gasteiger partial charge on any atom is 0.234 e. The smallest absolute Gasteiger partial charge is 0.234 e. The van der Waals surface area contributed by atoms with Crippen molar-refractivity contribution in [3.05, 3.63) is 60.7 Å². The largest absolute Gasteiger partial charge is 0.497 e. The number of aromatic nitrogens is 3. The second-order valence-electron chi connectivity index (χ2n) is 6.42. The summed E-state index contributed by atoms with van der Waals surface area (Å²) in [5.41, 5.74) is 2.69. The molecule has 0 aliphatic rings. The molecule has 8 heteroatoms. The highest BCUT2D eigenvalue weighted by Crippen LogP contribution is 2.30. The first kappa shape index (κ1) is 21.4. The van der Waals surface area contributed by atoms with E-state index in [9.17, 15) is 4.79 Å². The SMILES string of the molecule is C=CCn1c(SCC(=O)Nc2ccc(OC)cc2OC)nnc1-c1ccccc1C. The van der Waals surface area contributed by atoms with E-state index in [4.69, 9.17) is 9.47 Å². The van der Waals surface area contributed by atoms with Gasteiger partial charge in [-0.1, -0.05) is 42.1 Å². The van der Waals surface area contributed by atoms with Crippen LogP contribution in [0.15, 0.2) is 60.3 Å². The van der Waals surface area contributed by atoms with Crippen molar-refractivity contribution in [1.82, 2.24) is 14.8 Å². The fourth-order valence-electron chi connectivity index (χ4n) is 2.93. The van der Waals surface area contributed by atoms with E-state index in [2.05, 4.69) is 22.1 Å². The Morgan fingerprint density at radius 3 is 2.70 bits per heavy atom. The van der Waals surface area contributed by atoms with E-state index in [1.165, 1.54) is 11.8 Å². The van der Waals surface area contributed by atoms with Gasteiger partial charge in [-0.2, -0.15) is 0 Å². The van der Waals surface area contributed by atoms with Crippen molar-refractivity contribution in [3.63, 3.8) is 0 Å². The van der Waals surface area contributed by atoms with Crippen molar-refractivity contribution in [3.8, 4) is 22.9 Å². The lowest BCUT2D eigenvalue weighted by molar-refractivity contribution is -0.113. The number of ether oxygens (including phenoxy) is 2. The van der Waals surface area contributed by atoms with Gasteiger partial charge in [0.15, 0.2) is 11.0 Å². The summed E-state index contributed by atoms with van der Waals surface area (Å²) in [6.45, 7) is 6.41. The lowest BCUT2D eigenvalue weighted by atomic mass is 10.1. The number of aryl methyl sites for hydroxylation is 1. The van der Waals surface area contributed by atoms with Crippen molar-refractivity contribution >= 4 is 23.4 Å². The minimum absolute atomic E-state index is 0.172. The summed E-state index contributed by atoms with van der Waals surface area (Å²) in [4.78, 5) is 12.5. The zero-order chi connectivity index (χ0) is 21.5. The summed E-state index contributed by atoms with van der Waals surface area (Å²) in [7, 11) is 3.12. The summed E-state index contributed by atoms with van der Waals surface area (Å²) < 4.78 is 12.5. The molecule has 0 fully saturated rings. The number of nitrogens with one attached hydrogen (secondary N) is 1. The van der Waals surface area contributed by atoms with Gasteiger partial charge < -0.3 is 14.8 Å². The topological polar surface area (TPSA) is 78.3 Å². The van der Waals surface area contributed by atoms with Crippen molar-refractivity contribution in [1.29, 1.82) is 0 Å². The number of hydrogen-bond donors (Lipinski definition) is 1. The molecule has 0 aliphatic heterocycles. The molecule has 0 atom stereocenters. The number of amides is 1. The Kier molecular flexibility index (Phi) is 7.13. The number of thioether (sulfide) groups is 1. The Morgan fingerprint density at radius 2 is 2.00 bits per heavy atom. The minimum atomic E-state index is -0.172. The van der Waals surface area contributed by atoms with Gasteiger partial charge in [-0.25, -0.2) is 0 Å². The molecule has 0 saturated heterocycles. The molecule has 1 N–H and O–H groups in total. The third-order valence-electron chi connectivity index (χ3n) is 4.43. The monoisotopic (exact) mass is 424 g/mol. The highest BCUT2D eigenvalue weighted by molar-refractivity contribution is 7.99. The van der Waals surface area contributed by atoms with Gasteiger partial charge in [-0.15, -0.1) is 16.8 Å². The maximum absolute atomic E-state index is 12.5. The van der Waals surface area contributed by atoms with E-state index in [0.29, 0.717) is 28.9 Å². The fourth-order valence-corrected chi connectivity index (χ4v) is 3.68. The molecular weight excluding hydrogens is 400 g/mol. The number of nitrogens with zero attached hydrogens (tertiary/aromatic N) is 3. The first-order valence-corrected chi connectivity index (χ1v) is 10.3. The predicted octanol–water partition coefficient (Wildman–Crippen LogP) is 4.19. The Hall–Kier alpha value is -3.26. The maximum atomic E-state index is 12.5. The highest BCUT2D eigenvalue weighted by Gasteiger charge is 2.17. The summed E-state index contributed by atoms with van der Waals surface area (Å²) in [5.74, 6) is 1.95. The molecule has 0 aliphatic carbocycles. The number of carbonyl (C=O) groups is 1.